The van der Waals surface area contributed by atoms with Crippen molar-refractivity contribution in [1.82, 2.24) is 4.57 Å². The van der Waals surface area contributed by atoms with Crippen molar-refractivity contribution < 1.29 is 4.79 Å². The van der Waals surface area contributed by atoms with Crippen LogP contribution in [0.15, 0.2) is 54.6 Å². The molecule has 21 heavy (non-hydrogen) atoms. The van der Waals surface area contributed by atoms with Gasteiger partial charge in [-0.3, -0.25) is 4.79 Å². The number of aryl methyl sites for hydroxylation is 1. The van der Waals surface area contributed by atoms with Crippen LogP contribution in [-0.4, -0.2) is 10.5 Å². The van der Waals surface area contributed by atoms with Gasteiger partial charge in [-0.25, -0.2) is 0 Å². The van der Waals surface area contributed by atoms with Crippen molar-refractivity contribution in [3.63, 3.8) is 0 Å². The number of hydrogen-bond donors (Lipinski definition) is 1. The molecule has 0 radical (unpaired) electrons. The lowest BCUT2D eigenvalue weighted by Crippen LogP contribution is -2.04. The van der Waals surface area contributed by atoms with Crippen LogP contribution in [0.5, 0.6) is 0 Å². The summed E-state index contributed by atoms with van der Waals surface area (Å²) in [5.41, 5.74) is 4.76. The normalized spacial score (nSPS) is 15.5. The molecule has 3 heteroatoms. The summed E-state index contributed by atoms with van der Waals surface area (Å²) in [6, 6.07) is 18.1. The molecule has 3 aromatic rings. The number of carbonyl (C=O) groups excluding carboxylic acids is 1. The number of amides is 1. The molecule has 102 valence electrons. The number of carbonyl (C=O) groups is 1. The van der Waals surface area contributed by atoms with Crippen LogP contribution in [0.1, 0.15) is 11.3 Å². The van der Waals surface area contributed by atoms with Gasteiger partial charge in [0.05, 0.1) is 5.57 Å². The topological polar surface area (TPSA) is 34.0 Å². The first-order valence-corrected chi connectivity index (χ1v) is 6.91. The third kappa shape index (κ3) is 1.78. The Balaban J connectivity index is 1.91. The Morgan fingerprint density at radius 3 is 2.67 bits per heavy atom. The van der Waals surface area contributed by atoms with Gasteiger partial charge in [0, 0.05) is 34.9 Å². The first-order chi connectivity index (χ1) is 10.2. The van der Waals surface area contributed by atoms with Gasteiger partial charge in [-0.05, 0) is 24.3 Å². The van der Waals surface area contributed by atoms with Crippen molar-refractivity contribution in [2.24, 2.45) is 7.05 Å². The van der Waals surface area contributed by atoms with Crippen LogP contribution in [0.2, 0.25) is 0 Å². The van der Waals surface area contributed by atoms with Crippen LogP contribution in [0.25, 0.3) is 22.6 Å². The fraction of sp³-hybridized carbons (Fsp3) is 0.0556. The van der Waals surface area contributed by atoms with E-state index in [9.17, 15) is 4.79 Å². The lowest BCUT2D eigenvalue weighted by molar-refractivity contribution is -0.110. The maximum Gasteiger partial charge on any atom is 0.256 e. The standard InChI is InChI=1S/C18H14N2O/c1-20-13(10-12-6-2-5-9-17(12)20)11-15-14-7-3-4-8-16(14)19-18(15)21/h2-11H,1H3,(H,19,21). The van der Waals surface area contributed by atoms with Crippen molar-refractivity contribution in [1.29, 1.82) is 0 Å². The Hall–Kier alpha value is -2.81. The number of hydrogen-bond acceptors (Lipinski definition) is 1. The van der Waals surface area contributed by atoms with Gasteiger partial charge in [0.1, 0.15) is 0 Å². The van der Waals surface area contributed by atoms with E-state index in [1.54, 1.807) is 0 Å². The zero-order valence-corrected chi connectivity index (χ0v) is 11.6. The molecule has 0 bridgehead atoms. The van der Waals surface area contributed by atoms with Crippen LogP contribution >= 0.6 is 0 Å². The lowest BCUT2D eigenvalue weighted by atomic mass is 10.1. The average Bonchev–Trinajstić information content (AvgIpc) is 2.99. The van der Waals surface area contributed by atoms with Crippen molar-refractivity contribution in [2.45, 2.75) is 0 Å². The fourth-order valence-corrected chi connectivity index (χ4v) is 2.88. The zero-order valence-electron chi connectivity index (χ0n) is 11.6. The Labute approximate surface area is 122 Å². The SMILES string of the molecule is Cn1c(C=C2C(=O)Nc3ccccc32)cc2ccccc21. The second kappa shape index (κ2) is 4.35. The first kappa shape index (κ1) is 12.0. The molecule has 1 amide bonds. The zero-order chi connectivity index (χ0) is 14.4. The number of fused-ring (bicyclic) bond motifs is 2. The largest absolute Gasteiger partial charge is 0.344 e. The molecule has 1 N–H and O–H groups in total. The third-order valence-electron chi connectivity index (χ3n) is 3.99. The van der Waals surface area contributed by atoms with Crippen molar-refractivity contribution in [3.8, 4) is 0 Å². The molecule has 0 spiro atoms. The minimum Gasteiger partial charge on any atom is -0.344 e. The molecule has 0 fully saturated rings. The molecule has 1 aliphatic rings. The molecule has 1 aromatic heterocycles. The van der Waals surface area contributed by atoms with Gasteiger partial charge >= 0.3 is 0 Å². The van der Waals surface area contributed by atoms with Crippen molar-refractivity contribution >= 4 is 34.1 Å². The van der Waals surface area contributed by atoms with Gasteiger partial charge in [-0.15, -0.1) is 0 Å². The quantitative estimate of drug-likeness (QED) is 0.675. The summed E-state index contributed by atoms with van der Waals surface area (Å²) in [5, 5.41) is 4.08. The molecule has 0 saturated heterocycles. The van der Waals surface area contributed by atoms with E-state index in [0.717, 1.165) is 28.0 Å². The fourth-order valence-electron chi connectivity index (χ4n) is 2.88. The molecule has 1 aliphatic heterocycles. The Morgan fingerprint density at radius 2 is 1.81 bits per heavy atom. The molecule has 2 aromatic carbocycles. The molecule has 0 aliphatic carbocycles. The maximum absolute atomic E-state index is 12.2. The van der Waals surface area contributed by atoms with Crippen LogP contribution in [-0.2, 0) is 11.8 Å². The molecular formula is C18H14N2O. The molecule has 2 heterocycles. The Morgan fingerprint density at radius 1 is 1.05 bits per heavy atom. The minimum absolute atomic E-state index is 0.0403. The number of nitrogens with one attached hydrogen (secondary N) is 1. The van der Waals surface area contributed by atoms with Gasteiger partial charge in [-0.1, -0.05) is 36.4 Å². The van der Waals surface area contributed by atoms with Crippen LogP contribution in [0.3, 0.4) is 0 Å². The van der Waals surface area contributed by atoms with Crippen LogP contribution in [0.4, 0.5) is 5.69 Å². The van der Waals surface area contributed by atoms with Crippen molar-refractivity contribution in [3.05, 3.63) is 65.9 Å². The maximum atomic E-state index is 12.2. The van der Waals surface area contributed by atoms with Gasteiger partial charge in [0.2, 0.25) is 0 Å². The number of nitrogens with zero attached hydrogens (tertiary/aromatic N) is 1. The van der Waals surface area contributed by atoms with E-state index in [4.69, 9.17) is 0 Å². The molecule has 0 atom stereocenters. The number of anilines is 1. The summed E-state index contributed by atoms with van der Waals surface area (Å²) in [7, 11) is 2.02. The van der Waals surface area contributed by atoms with Gasteiger partial charge in [0.25, 0.3) is 5.91 Å². The number of aromatic nitrogens is 1. The van der Waals surface area contributed by atoms with E-state index < -0.39 is 0 Å². The predicted octanol–water partition coefficient (Wildman–Crippen LogP) is 3.67. The summed E-state index contributed by atoms with van der Waals surface area (Å²) in [6.45, 7) is 0. The summed E-state index contributed by atoms with van der Waals surface area (Å²) in [6.07, 6.45) is 1.96. The highest BCUT2D eigenvalue weighted by Crippen LogP contribution is 2.33. The molecule has 3 nitrogen and oxygen atoms in total. The van der Waals surface area contributed by atoms with E-state index in [2.05, 4.69) is 28.1 Å². The van der Waals surface area contributed by atoms with Crippen molar-refractivity contribution in [2.75, 3.05) is 5.32 Å². The summed E-state index contributed by atoms with van der Waals surface area (Å²) >= 11 is 0. The molecule has 4 rings (SSSR count). The highest BCUT2D eigenvalue weighted by molar-refractivity contribution is 6.34. The van der Waals surface area contributed by atoms with Gasteiger partial charge < -0.3 is 9.88 Å². The Kier molecular flexibility index (Phi) is 2.48. The summed E-state index contributed by atoms with van der Waals surface area (Å²) in [5.74, 6) is -0.0403. The first-order valence-electron chi connectivity index (χ1n) is 6.91. The van der Waals surface area contributed by atoms with Crippen LogP contribution in [0, 0.1) is 0 Å². The van der Waals surface area contributed by atoms with E-state index in [1.807, 2.05) is 49.5 Å². The number of para-hydroxylation sites is 2. The second-order valence-electron chi connectivity index (χ2n) is 5.24. The second-order valence-corrected chi connectivity index (χ2v) is 5.24. The van der Waals surface area contributed by atoms with E-state index >= 15 is 0 Å². The third-order valence-corrected chi connectivity index (χ3v) is 3.99. The van der Waals surface area contributed by atoms with Gasteiger partial charge in [-0.2, -0.15) is 0 Å². The minimum atomic E-state index is -0.0403. The lowest BCUT2D eigenvalue weighted by Gasteiger charge is -2.01. The van der Waals surface area contributed by atoms with E-state index in [0.29, 0.717) is 0 Å². The molecule has 0 saturated carbocycles. The Bertz CT molecular complexity index is 902. The van der Waals surface area contributed by atoms with Gasteiger partial charge in [0.15, 0.2) is 0 Å². The average molecular weight is 274 g/mol. The molecular weight excluding hydrogens is 260 g/mol. The predicted molar refractivity (Wildman–Crippen MR) is 85.9 cm³/mol. The smallest absolute Gasteiger partial charge is 0.256 e. The van der Waals surface area contributed by atoms with E-state index in [1.165, 1.54) is 5.39 Å². The molecule has 0 unspecified atom stereocenters. The van der Waals surface area contributed by atoms with E-state index in [-0.39, 0.29) is 5.91 Å². The van der Waals surface area contributed by atoms with Crippen LogP contribution < -0.4 is 5.32 Å². The number of benzene rings is 2. The highest BCUT2D eigenvalue weighted by atomic mass is 16.2. The highest BCUT2D eigenvalue weighted by Gasteiger charge is 2.23. The number of rotatable bonds is 1. The monoisotopic (exact) mass is 274 g/mol. The summed E-state index contributed by atoms with van der Waals surface area (Å²) < 4.78 is 2.11. The summed E-state index contributed by atoms with van der Waals surface area (Å²) in [4.78, 5) is 12.2.